The van der Waals surface area contributed by atoms with Crippen molar-refractivity contribution in [3.63, 3.8) is 0 Å². The molecule has 7 atom stereocenters. The molecule has 8 heteroatoms. The highest BCUT2D eigenvalue weighted by Gasteiger charge is 2.80. The van der Waals surface area contributed by atoms with Gasteiger partial charge in [0.15, 0.2) is 23.3 Å². The van der Waals surface area contributed by atoms with E-state index in [1.54, 1.807) is 6.20 Å². The van der Waals surface area contributed by atoms with E-state index in [0.29, 0.717) is 18.5 Å². The van der Waals surface area contributed by atoms with Crippen LogP contribution in [0.3, 0.4) is 0 Å². The highest BCUT2D eigenvalue weighted by molar-refractivity contribution is 7.82. The molecule has 1 spiro atoms. The number of aliphatic hydroxyl groups is 1. The summed E-state index contributed by atoms with van der Waals surface area (Å²) in [6.07, 6.45) is 12.1. The lowest BCUT2D eigenvalue weighted by Gasteiger charge is -2.51. The van der Waals surface area contributed by atoms with Crippen LogP contribution in [0.4, 0.5) is 0 Å². The average Bonchev–Trinajstić information content (AvgIpc) is 3.39. The van der Waals surface area contributed by atoms with E-state index in [9.17, 15) is 9.90 Å². The van der Waals surface area contributed by atoms with E-state index in [1.165, 1.54) is 12.8 Å². The molecule has 3 saturated carbocycles. The van der Waals surface area contributed by atoms with Gasteiger partial charge in [-0.1, -0.05) is 38.8 Å². The maximum Gasteiger partial charge on any atom is 0.297 e. The number of carbonyl (C=O) groups excluding carboxylic acids is 1. The number of ether oxygens (including phenoxy) is 3. The number of aromatic nitrogens is 2. The van der Waals surface area contributed by atoms with Crippen LogP contribution in [0.1, 0.15) is 79.2 Å². The summed E-state index contributed by atoms with van der Waals surface area (Å²) in [5.41, 5.74) is -1.22. The van der Waals surface area contributed by atoms with Gasteiger partial charge in [0.25, 0.3) is 6.01 Å². The van der Waals surface area contributed by atoms with Crippen LogP contribution >= 0.6 is 12.6 Å². The Labute approximate surface area is 230 Å². The van der Waals surface area contributed by atoms with Gasteiger partial charge in [-0.2, -0.15) is 12.6 Å². The Hall–Kier alpha value is -1.61. The number of rotatable bonds is 3. The minimum Gasteiger partial charge on any atom is -0.454 e. The second-order valence-corrected chi connectivity index (χ2v) is 14.4. The van der Waals surface area contributed by atoms with Gasteiger partial charge in [-0.05, 0) is 68.9 Å². The number of carbonyl (C=O) groups is 1. The van der Waals surface area contributed by atoms with E-state index in [-0.39, 0.29) is 23.7 Å². The van der Waals surface area contributed by atoms with Gasteiger partial charge in [-0.15, -0.1) is 0 Å². The van der Waals surface area contributed by atoms with Crippen LogP contribution in [0.2, 0.25) is 0 Å². The summed E-state index contributed by atoms with van der Waals surface area (Å²) >= 11 is 5.23. The Kier molecular flexibility index (Phi) is 5.19. The molecule has 0 radical (unpaired) electrons. The molecule has 1 saturated heterocycles. The Morgan fingerprint density at radius 1 is 1.18 bits per heavy atom. The molecule has 7 nitrogen and oxygen atoms in total. The van der Waals surface area contributed by atoms with Crippen molar-refractivity contribution in [3.8, 4) is 6.01 Å². The topological polar surface area (TPSA) is 82.8 Å². The van der Waals surface area contributed by atoms with Crippen LogP contribution in [-0.4, -0.2) is 55.4 Å². The van der Waals surface area contributed by atoms with Gasteiger partial charge in [0, 0.05) is 23.2 Å². The SMILES string of the molecule is CC1=C[C@@]23CCC4C(C)(C)C4(S)[C@H](C=C4COC(C)(C)O[C@H]4[C@]2(O)C1Oc1nccn1C1CCCC1)C3=O. The lowest BCUT2D eigenvalue weighted by atomic mass is 9.63. The maximum atomic E-state index is 14.8. The number of nitrogens with zero attached hydrogens (tertiary/aromatic N) is 2. The second kappa shape index (κ2) is 7.77. The van der Waals surface area contributed by atoms with Crippen LogP contribution in [-0.2, 0) is 14.3 Å². The van der Waals surface area contributed by atoms with Crippen LogP contribution in [0.5, 0.6) is 6.01 Å². The summed E-state index contributed by atoms with van der Waals surface area (Å²) < 4.78 is 21.0. The van der Waals surface area contributed by atoms with E-state index in [4.69, 9.17) is 26.8 Å². The number of fused-ring (bicyclic) bond motifs is 5. The molecule has 7 rings (SSSR count). The maximum absolute atomic E-state index is 14.8. The molecule has 3 unspecified atom stereocenters. The fourth-order valence-electron chi connectivity index (χ4n) is 8.92. The molecule has 6 aliphatic rings. The van der Waals surface area contributed by atoms with Gasteiger partial charge >= 0.3 is 0 Å². The predicted molar refractivity (Wildman–Crippen MR) is 145 cm³/mol. The first-order valence-corrected chi connectivity index (χ1v) is 14.7. The first-order chi connectivity index (χ1) is 17.9. The van der Waals surface area contributed by atoms with Crippen molar-refractivity contribution in [1.82, 2.24) is 9.55 Å². The third kappa shape index (κ3) is 2.98. The highest BCUT2D eigenvalue weighted by atomic mass is 32.1. The zero-order valence-corrected chi connectivity index (χ0v) is 24.0. The van der Waals surface area contributed by atoms with E-state index >= 15 is 0 Å². The molecular weight excluding hydrogens is 500 g/mol. The van der Waals surface area contributed by atoms with Gasteiger partial charge < -0.3 is 19.3 Å². The first kappa shape index (κ1) is 25.4. The third-order valence-corrected chi connectivity index (χ3v) is 12.2. The van der Waals surface area contributed by atoms with Crippen LogP contribution in [0.25, 0.3) is 0 Å². The van der Waals surface area contributed by atoms with E-state index < -0.39 is 39.7 Å². The standard InChI is InChI=1S/C30H40N2O5S/c1-17-15-28-11-10-21-26(2,3)30(21,38)20(22(28)33)14-18-16-35-27(4,5)37-24(18)29(28,34)23(17)36-25-31-12-13-32(25)19-8-6-7-9-19/h12-15,19-21,23-24,34,38H,6-11,16H2,1-5H3/t20-,21?,23?,24-,28-,29-,30?/m1/s1. The molecule has 1 aromatic heterocycles. The van der Waals surface area contributed by atoms with Gasteiger partial charge in [0.05, 0.1) is 17.9 Å². The number of thiol groups is 1. The normalized spacial score (nSPS) is 44.8. The van der Waals surface area contributed by atoms with Gasteiger partial charge in [-0.25, -0.2) is 4.98 Å². The summed E-state index contributed by atoms with van der Waals surface area (Å²) in [5, 5.41) is 13.1. The first-order valence-electron chi connectivity index (χ1n) is 14.3. The zero-order chi connectivity index (χ0) is 26.9. The molecule has 1 aromatic rings. The summed E-state index contributed by atoms with van der Waals surface area (Å²) in [5.74, 6) is -1.06. The van der Waals surface area contributed by atoms with Crippen molar-refractivity contribution in [2.45, 2.75) is 108 Å². The number of allylic oxidation sites excluding steroid dienone is 1. The molecule has 5 aliphatic carbocycles. The van der Waals surface area contributed by atoms with Crippen LogP contribution < -0.4 is 4.74 Å². The number of Topliss-reactive ketones (excluding diaryl/α,β-unsaturated/α-hetero) is 1. The summed E-state index contributed by atoms with van der Waals surface area (Å²) in [4.78, 5) is 19.4. The largest absolute Gasteiger partial charge is 0.454 e. The lowest BCUT2D eigenvalue weighted by Crippen LogP contribution is -2.67. The molecule has 2 bridgehead atoms. The highest BCUT2D eigenvalue weighted by Crippen LogP contribution is 2.76. The van der Waals surface area contributed by atoms with Gasteiger partial charge in [0.1, 0.15) is 6.10 Å². The molecule has 206 valence electrons. The van der Waals surface area contributed by atoms with Crippen molar-refractivity contribution < 1.29 is 24.1 Å². The third-order valence-electron chi connectivity index (χ3n) is 11.1. The average molecular weight is 541 g/mol. The Morgan fingerprint density at radius 3 is 2.66 bits per heavy atom. The Morgan fingerprint density at radius 2 is 1.92 bits per heavy atom. The van der Waals surface area contributed by atoms with Gasteiger partial charge in [0.2, 0.25) is 0 Å². The van der Waals surface area contributed by atoms with Crippen LogP contribution in [0.15, 0.2) is 35.7 Å². The van der Waals surface area contributed by atoms with Crippen LogP contribution in [0, 0.1) is 22.7 Å². The molecule has 38 heavy (non-hydrogen) atoms. The number of imidazole rings is 1. The summed E-state index contributed by atoms with van der Waals surface area (Å²) in [7, 11) is 0. The number of hydrogen-bond acceptors (Lipinski definition) is 7. The van der Waals surface area contributed by atoms with Crippen molar-refractivity contribution in [1.29, 1.82) is 0 Å². The fraction of sp³-hybridized carbons (Fsp3) is 0.733. The van der Waals surface area contributed by atoms with Crippen molar-refractivity contribution in [2.75, 3.05) is 6.61 Å². The molecule has 2 heterocycles. The lowest BCUT2D eigenvalue weighted by molar-refractivity contribution is -0.299. The predicted octanol–water partition coefficient (Wildman–Crippen LogP) is 4.82. The smallest absolute Gasteiger partial charge is 0.297 e. The molecule has 1 aliphatic heterocycles. The quantitative estimate of drug-likeness (QED) is 0.423. The molecule has 0 amide bonds. The van der Waals surface area contributed by atoms with E-state index in [2.05, 4.69) is 23.4 Å². The molecule has 4 fully saturated rings. The molecular formula is C30H40N2O5S. The van der Waals surface area contributed by atoms with Crippen molar-refractivity contribution in [2.24, 2.45) is 22.7 Å². The monoisotopic (exact) mass is 540 g/mol. The minimum atomic E-state index is -1.65. The van der Waals surface area contributed by atoms with E-state index in [0.717, 1.165) is 30.4 Å². The second-order valence-electron chi connectivity index (χ2n) is 13.6. The minimum absolute atomic E-state index is 0.0240. The fourth-order valence-corrected chi connectivity index (χ4v) is 9.65. The van der Waals surface area contributed by atoms with E-state index in [1.807, 2.05) is 39.1 Å². The van der Waals surface area contributed by atoms with Gasteiger partial charge in [-0.3, -0.25) is 9.36 Å². The Balaban J connectivity index is 1.38. The summed E-state index contributed by atoms with van der Waals surface area (Å²) in [6, 6.07) is 0.834. The molecule has 1 N–H and O–H groups in total. The number of hydrogen-bond donors (Lipinski definition) is 2. The summed E-state index contributed by atoms with van der Waals surface area (Å²) in [6.45, 7) is 10.4. The Bertz CT molecular complexity index is 1260. The van der Waals surface area contributed by atoms with Crippen molar-refractivity contribution in [3.05, 3.63) is 35.7 Å². The zero-order valence-electron chi connectivity index (χ0n) is 23.1. The number of ketones is 1. The van der Waals surface area contributed by atoms with Crippen molar-refractivity contribution >= 4 is 18.4 Å². The molecule has 0 aromatic carbocycles.